The van der Waals surface area contributed by atoms with Gasteiger partial charge in [-0.15, -0.1) is 24.0 Å². The van der Waals surface area contributed by atoms with Gasteiger partial charge in [-0.25, -0.2) is 4.99 Å². The van der Waals surface area contributed by atoms with Crippen molar-refractivity contribution < 1.29 is 4.74 Å². The quantitative estimate of drug-likeness (QED) is 0.364. The third-order valence-electron chi connectivity index (χ3n) is 3.65. The van der Waals surface area contributed by atoms with Crippen LogP contribution in [0, 0.1) is 0 Å². The highest BCUT2D eigenvalue weighted by Crippen LogP contribution is 2.06. The number of halogens is 1. The van der Waals surface area contributed by atoms with Gasteiger partial charge in [0.25, 0.3) is 0 Å². The summed E-state index contributed by atoms with van der Waals surface area (Å²) in [5, 5.41) is 6.68. The van der Waals surface area contributed by atoms with Gasteiger partial charge in [-0.2, -0.15) is 0 Å². The van der Waals surface area contributed by atoms with Crippen molar-refractivity contribution in [3.05, 3.63) is 71.3 Å². The van der Waals surface area contributed by atoms with Crippen molar-refractivity contribution in [2.45, 2.75) is 26.5 Å². The minimum Gasteiger partial charge on any atom is -0.380 e. The maximum absolute atomic E-state index is 5.13. The lowest BCUT2D eigenvalue weighted by atomic mass is 10.1. The predicted molar refractivity (Wildman–Crippen MR) is 116 cm³/mol. The van der Waals surface area contributed by atoms with Gasteiger partial charge >= 0.3 is 0 Å². The van der Waals surface area contributed by atoms with Crippen molar-refractivity contribution in [3.8, 4) is 0 Å². The highest BCUT2D eigenvalue weighted by Gasteiger charge is 1.99. The Bertz CT molecular complexity index is 615. The van der Waals surface area contributed by atoms with Gasteiger partial charge in [0.1, 0.15) is 0 Å². The maximum atomic E-state index is 5.13. The summed E-state index contributed by atoms with van der Waals surface area (Å²) in [6.07, 6.45) is 0.983. The standard InChI is InChI=1S/C20H27N3O.HI/c1-3-21-20(22-14-13-17-7-5-4-6-8-17)23-15-18-9-11-19(12-10-18)16-24-2;/h4-12H,3,13-16H2,1-2H3,(H2,21,22,23);1H. The molecule has 2 N–H and O–H groups in total. The Morgan fingerprint density at radius 2 is 1.60 bits per heavy atom. The van der Waals surface area contributed by atoms with E-state index in [2.05, 4.69) is 71.1 Å². The van der Waals surface area contributed by atoms with Crippen LogP contribution in [0.2, 0.25) is 0 Å². The number of nitrogens with zero attached hydrogens (tertiary/aromatic N) is 1. The Hall–Kier alpha value is -1.60. The molecule has 0 amide bonds. The van der Waals surface area contributed by atoms with Crippen molar-refractivity contribution in [2.24, 2.45) is 4.99 Å². The van der Waals surface area contributed by atoms with Crippen LogP contribution in [0.3, 0.4) is 0 Å². The fourth-order valence-corrected chi connectivity index (χ4v) is 2.39. The molecule has 0 aliphatic heterocycles. The first-order valence-electron chi connectivity index (χ1n) is 8.44. The van der Waals surface area contributed by atoms with Gasteiger partial charge in [0, 0.05) is 20.2 Å². The molecule has 0 saturated heterocycles. The number of guanidine groups is 1. The van der Waals surface area contributed by atoms with Crippen molar-refractivity contribution in [3.63, 3.8) is 0 Å². The highest BCUT2D eigenvalue weighted by molar-refractivity contribution is 14.0. The van der Waals surface area contributed by atoms with Crippen LogP contribution in [0.4, 0.5) is 0 Å². The lowest BCUT2D eigenvalue weighted by Crippen LogP contribution is -2.38. The summed E-state index contributed by atoms with van der Waals surface area (Å²) < 4.78 is 5.13. The molecule has 4 nitrogen and oxygen atoms in total. The van der Waals surface area contributed by atoms with Crippen LogP contribution in [0.1, 0.15) is 23.6 Å². The van der Waals surface area contributed by atoms with E-state index in [0.29, 0.717) is 13.2 Å². The van der Waals surface area contributed by atoms with E-state index >= 15 is 0 Å². The first-order valence-corrected chi connectivity index (χ1v) is 8.44. The number of methoxy groups -OCH3 is 1. The van der Waals surface area contributed by atoms with Gasteiger partial charge in [0.05, 0.1) is 13.2 Å². The molecule has 0 saturated carbocycles. The van der Waals surface area contributed by atoms with E-state index in [-0.39, 0.29) is 24.0 Å². The minimum absolute atomic E-state index is 0. The van der Waals surface area contributed by atoms with Gasteiger partial charge in [0.2, 0.25) is 0 Å². The Morgan fingerprint density at radius 3 is 2.24 bits per heavy atom. The topological polar surface area (TPSA) is 45.7 Å². The normalized spacial score (nSPS) is 10.9. The summed E-state index contributed by atoms with van der Waals surface area (Å²) in [6, 6.07) is 18.9. The molecule has 5 heteroatoms. The van der Waals surface area contributed by atoms with E-state index in [1.165, 1.54) is 16.7 Å². The molecule has 0 fully saturated rings. The molecule has 0 unspecified atom stereocenters. The first kappa shape index (κ1) is 21.4. The fourth-order valence-electron chi connectivity index (χ4n) is 2.39. The Kier molecular flexibility index (Phi) is 10.9. The third kappa shape index (κ3) is 8.36. The van der Waals surface area contributed by atoms with E-state index in [1.54, 1.807) is 7.11 Å². The van der Waals surface area contributed by atoms with Crippen LogP contribution >= 0.6 is 24.0 Å². The van der Waals surface area contributed by atoms with E-state index in [9.17, 15) is 0 Å². The molecular formula is C20H28IN3O. The van der Waals surface area contributed by atoms with Crippen LogP contribution in [0.5, 0.6) is 0 Å². The number of ether oxygens (including phenoxy) is 1. The maximum Gasteiger partial charge on any atom is 0.191 e. The molecule has 0 aromatic heterocycles. The smallest absolute Gasteiger partial charge is 0.191 e. The Labute approximate surface area is 168 Å². The van der Waals surface area contributed by atoms with E-state index < -0.39 is 0 Å². The second-order valence-corrected chi connectivity index (χ2v) is 5.61. The number of hydrogen-bond acceptors (Lipinski definition) is 2. The SMILES string of the molecule is CCNC(=NCc1ccc(COC)cc1)NCCc1ccccc1.I. The van der Waals surface area contributed by atoms with Crippen LogP contribution < -0.4 is 10.6 Å². The monoisotopic (exact) mass is 453 g/mol. The zero-order valence-corrected chi connectivity index (χ0v) is 17.3. The zero-order valence-electron chi connectivity index (χ0n) is 15.0. The summed E-state index contributed by atoms with van der Waals surface area (Å²) in [5.41, 5.74) is 3.70. The van der Waals surface area contributed by atoms with E-state index in [0.717, 1.165) is 25.5 Å². The Morgan fingerprint density at radius 1 is 0.920 bits per heavy atom. The molecule has 0 aliphatic rings. The van der Waals surface area contributed by atoms with Crippen molar-refractivity contribution in [2.75, 3.05) is 20.2 Å². The van der Waals surface area contributed by atoms with Crippen molar-refractivity contribution in [1.82, 2.24) is 10.6 Å². The largest absolute Gasteiger partial charge is 0.380 e. The van der Waals surface area contributed by atoms with Gasteiger partial charge in [-0.05, 0) is 30.0 Å². The molecule has 0 bridgehead atoms. The van der Waals surface area contributed by atoms with Crippen LogP contribution in [0.25, 0.3) is 0 Å². The molecule has 2 rings (SSSR count). The summed E-state index contributed by atoms with van der Waals surface area (Å²) >= 11 is 0. The number of hydrogen-bond donors (Lipinski definition) is 2. The van der Waals surface area contributed by atoms with E-state index in [4.69, 9.17) is 4.74 Å². The van der Waals surface area contributed by atoms with Crippen molar-refractivity contribution in [1.29, 1.82) is 0 Å². The number of nitrogens with one attached hydrogen (secondary N) is 2. The molecule has 0 radical (unpaired) electrons. The molecule has 0 heterocycles. The number of benzene rings is 2. The summed E-state index contributed by atoms with van der Waals surface area (Å²) in [5.74, 6) is 0.856. The van der Waals surface area contributed by atoms with Gasteiger partial charge in [-0.3, -0.25) is 0 Å². The van der Waals surface area contributed by atoms with E-state index in [1.807, 2.05) is 6.07 Å². The minimum atomic E-state index is 0. The summed E-state index contributed by atoms with van der Waals surface area (Å²) in [7, 11) is 1.71. The summed E-state index contributed by atoms with van der Waals surface area (Å²) in [6.45, 7) is 5.10. The van der Waals surface area contributed by atoms with Crippen LogP contribution in [-0.2, 0) is 24.3 Å². The van der Waals surface area contributed by atoms with Gasteiger partial charge in [0.15, 0.2) is 5.96 Å². The number of aliphatic imine (C=N–C) groups is 1. The molecule has 25 heavy (non-hydrogen) atoms. The lowest BCUT2D eigenvalue weighted by Gasteiger charge is -2.11. The molecule has 0 atom stereocenters. The second kappa shape index (κ2) is 12.7. The fraction of sp³-hybridized carbons (Fsp3) is 0.350. The molecule has 0 aliphatic carbocycles. The van der Waals surface area contributed by atoms with Gasteiger partial charge in [-0.1, -0.05) is 54.6 Å². The average molecular weight is 453 g/mol. The molecular weight excluding hydrogens is 425 g/mol. The lowest BCUT2D eigenvalue weighted by molar-refractivity contribution is 0.185. The second-order valence-electron chi connectivity index (χ2n) is 5.61. The first-order chi connectivity index (χ1) is 11.8. The predicted octanol–water partition coefficient (Wildman–Crippen LogP) is 3.75. The van der Waals surface area contributed by atoms with Crippen LogP contribution in [-0.4, -0.2) is 26.2 Å². The average Bonchev–Trinajstić information content (AvgIpc) is 2.62. The number of rotatable bonds is 8. The highest BCUT2D eigenvalue weighted by atomic mass is 127. The molecule has 136 valence electrons. The zero-order chi connectivity index (χ0) is 17.0. The van der Waals surface area contributed by atoms with Crippen molar-refractivity contribution >= 4 is 29.9 Å². The molecule has 0 spiro atoms. The summed E-state index contributed by atoms with van der Waals surface area (Å²) in [4.78, 5) is 4.65. The van der Waals surface area contributed by atoms with Crippen LogP contribution in [0.15, 0.2) is 59.6 Å². The molecule has 2 aromatic rings. The van der Waals surface area contributed by atoms with Gasteiger partial charge < -0.3 is 15.4 Å². The Balaban J connectivity index is 0.00000312. The third-order valence-corrected chi connectivity index (χ3v) is 3.65. The molecule has 2 aromatic carbocycles.